The maximum atomic E-state index is 5.54. The summed E-state index contributed by atoms with van der Waals surface area (Å²) in [7, 11) is 0. The van der Waals surface area contributed by atoms with Crippen molar-refractivity contribution in [3.63, 3.8) is 0 Å². The van der Waals surface area contributed by atoms with E-state index >= 15 is 0 Å². The fourth-order valence-corrected chi connectivity index (χ4v) is 5.80. The molecule has 6 nitrogen and oxygen atoms in total. The predicted molar refractivity (Wildman–Crippen MR) is 156 cm³/mol. The van der Waals surface area contributed by atoms with Gasteiger partial charge in [-0.1, -0.05) is 68.5 Å². The number of hydrogen-bond acceptors (Lipinski definition) is 6. The van der Waals surface area contributed by atoms with Gasteiger partial charge >= 0.3 is 0 Å². The SMILES string of the molecule is c1ccc(N(CC2CO2)CC2CO2)c(CCCCCCCCCc2ccccc2N(CC2CO2)CC2CO2)c1. The molecule has 0 N–H and O–H groups in total. The van der Waals surface area contributed by atoms with Gasteiger partial charge in [-0.25, -0.2) is 0 Å². The van der Waals surface area contributed by atoms with Crippen molar-refractivity contribution in [2.75, 3.05) is 62.4 Å². The molecule has 0 aliphatic carbocycles. The van der Waals surface area contributed by atoms with Crippen molar-refractivity contribution >= 4 is 11.4 Å². The summed E-state index contributed by atoms with van der Waals surface area (Å²) in [6, 6.07) is 17.9. The van der Waals surface area contributed by atoms with E-state index in [0.29, 0.717) is 24.4 Å². The van der Waals surface area contributed by atoms with E-state index in [2.05, 4.69) is 58.3 Å². The third-order valence-corrected chi connectivity index (χ3v) is 8.36. The number of unbranched alkanes of at least 4 members (excludes halogenated alkanes) is 6. The van der Waals surface area contributed by atoms with Crippen LogP contribution in [-0.4, -0.2) is 77.0 Å². The molecule has 4 saturated heterocycles. The lowest BCUT2D eigenvalue weighted by atomic mass is 10.0. The van der Waals surface area contributed by atoms with Gasteiger partial charge in [-0.05, 0) is 48.9 Å². The lowest BCUT2D eigenvalue weighted by Crippen LogP contribution is -2.32. The van der Waals surface area contributed by atoms with Gasteiger partial charge in [0.25, 0.3) is 0 Å². The highest BCUT2D eigenvalue weighted by Crippen LogP contribution is 2.29. The number of nitrogens with zero attached hydrogens (tertiary/aromatic N) is 2. The molecule has 2 aromatic rings. The molecular formula is C33H46N2O4. The lowest BCUT2D eigenvalue weighted by Gasteiger charge is -2.26. The molecule has 0 radical (unpaired) electrons. The molecule has 0 spiro atoms. The molecule has 2 aromatic carbocycles. The average Bonchev–Trinajstić information content (AvgIpc) is 3.74. The van der Waals surface area contributed by atoms with Gasteiger partial charge in [-0.2, -0.15) is 0 Å². The molecule has 212 valence electrons. The number of hydrogen-bond donors (Lipinski definition) is 0. The predicted octanol–water partition coefficient (Wildman–Crippen LogP) is 5.41. The first-order chi connectivity index (χ1) is 19.3. The maximum Gasteiger partial charge on any atom is 0.0984 e. The van der Waals surface area contributed by atoms with Crippen LogP contribution >= 0.6 is 0 Å². The zero-order chi connectivity index (χ0) is 26.3. The van der Waals surface area contributed by atoms with Gasteiger partial charge in [-0.15, -0.1) is 0 Å². The van der Waals surface area contributed by atoms with Crippen molar-refractivity contribution in [1.82, 2.24) is 0 Å². The Morgan fingerprint density at radius 2 is 0.769 bits per heavy atom. The summed E-state index contributed by atoms with van der Waals surface area (Å²) in [5.74, 6) is 0. The molecule has 0 amide bonds. The van der Waals surface area contributed by atoms with E-state index in [4.69, 9.17) is 18.9 Å². The van der Waals surface area contributed by atoms with Crippen molar-refractivity contribution in [2.45, 2.75) is 82.2 Å². The van der Waals surface area contributed by atoms with Crippen LogP contribution in [0.5, 0.6) is 0 Å². The number of anilines is 2. The van der Waals surface area contributed by atoms with Gasteiger partial charge in [0.1, 0.15) is 0 Å². The lowest BCUT2D eigenvalue weighted by molar-refractivity contribution is 0.388. The third kappa shape index (κ3) is 8.94. The first-order valence-corrected chi connectivity index (χ1v) is 15.4. The van der Waals surface area contributed by atoms with Gasteiger partial charge in [0, 0.05) is 37.6 Å². The molecular weight excluding hydrogens is 488 g/mol. The van der Waals surface area contributed by atoms with E-state index in [9.17, 15) is 0 Å². The second-order valence-electron chi connectivity index (χ2n) is 11.9. The third-order valence-electron chi connectivity index (χ3n) is 8.36. The van der Waals surface area contributed by atoms with Crippen molar-refractivity contribution in [1.29, 1.82) is 0 Å². The van der Waals surface area contributed by atoms with Crippen LogP contribution in [0.4, 0.5) is 11.4 Å². The fraction of sp³-hybridized carbons (Fsp3) is 0.636. The van der Waals surface area contributed by atoms with Crippen LogP contribution in [0.3, 0.4) is 0 Å². The maximum absolute atomic E-state index is 5.54. The number of benzene rings is 2. The highest BCUT2D eigenvalue weighted by molar-refractivity contribution is 5.55. The molecule has 4 aliphatic heterocycles. The van der Waals surface area contributed by atoms with Gasteiger partial charge in [0.15, 0.2) is 0 Å². The van der Waals surface area contributed by atoms with Gasteiger partial charge in [-0.3, -0.25) is 0 Å². The van der Waals surface area contributed by atoms with E-state index in [1.165, 1.54) is 67.4 Å². The first kappa shape index (κ1) is 27.1. The Morgan fingerprint density at radius 3 is 1.10 bits per heavy atom. The summed E-state index contributed by atoms with van der Waals surface area (Å²) in [6.07, 6.45) is 13.1. The second-order valence-corrected chi connectivity index (χ2v) is 11.9. The smallest absolute Gasteiger partial charge is 0.0984 e. The monoisotopic (exact) mass is 534 g/mol. The number of rotatable bonds is 20. The Bertz CT molecular complexity index is 922. The molecule has 6 rings (SSSR count). The van der Waals surface area contributed by atoms with Gasteiger partial charge < -0.3 is 28.7 Å². The summed E-state index contributed by atoms with van der Waals surface area (Å²) in [5.41, 5.74) is 5.73. The minimum Gasteiger partial charge on any atom is -0.371 e. The Morgan fingerprint density at radius 1 is 0.462 bits per heavy atom. The number of aryl methyl sites for hydroxylation is 2. The summed E-state index contributed by atoms with van der Waals surface area (Å²) in [5, 5.41) is 0. The minimum atomic E-state index is 0.402. The van der Waals surface area contributed by atoms with Crippen LogP contribution in [0.2, 0.25) is 0 Å². The minimum absolute atomic E-state index is 0.402. The van der Waals surface area contributed by atoms with Crippen LogP contribution in [0.1, 0.15) is 56.1 Å². The Hall–Kier alpha value is -2.12. The topological polar surface area (TPSA) is 56.6 Å². The van der Waals surface area contributed by atoms with E-state index in [1.54, 1.807) is 0 Å². The van der Waals surface area contributed by atoms with Crippen molar-refractivity contribution in [3.05, 3.63) is 59.7 Å². The van der Waals surface area contributed by atoms with Crippen molar-refractivity contribution in [3.8, 4) is 0 Å². The van der Waals surface area contributed by atoms with E-state index in [1.807, 2.05) is 0 Å². The largest absolute Gasteiger partial charge is 0.371 e. The number of epoxide rings is 4. The molecule has 4 fully saturated rings. The molecule has 0 aromatic heterocycles. The summed E-state index contributed by atoms with van der Waals surface area (Å²) in [4.78, 5) is 5.00. The van der Waals surface area contributed by atoms with Gasteiger partial charge in [0.05, 0.1) is 50.8 Å². The Balaban J connectivity index is 0.883. The Kier molecular flexibility index (Phi) is 9.36. The van der Waals surface area contributed by atoms with Crippen molar-refractivity contribution in [2.24, 2.45) is 0 Å². The quantitative estimate of drug-likeness (QED) is 0.167. The molecule has 0 bridgehead atoms. The molecule has 4 heterocycles. The summed E-state index contributed by atoms with van der Waals surface area (Å²) >= 11 is 0. The molecule has 6 heteroatoms. The Labute approximate surface area is 234 Å². The normalized spacial score (nSPS) is 24.4. The molecule has 4 unspecified atom stereocenters. The highest BCUT2D eigenvalue weighted by Gasteiger charge is 2.32. The number of para-hydroxylation sites is 2. The zero-order valence-corrected chi connectivity index (χ0v) is 23.5. The molecule has 0 saturated carbocycles. The van der Waals surface area contributed by atoms with Crippen LogP contribution in [-0.2, 0) is 31.8 Å². The first-order valence-electron chi connectivity index (χ1n) is 15.4. The van der Waals surface area contributed by atoms with Crippen LogP contribution in [0, 0.1) is 0 Å². The highest BCUT2D eigenvalue weighted by atomic mass is 16.6. The molecule has 4 aliphatic rings. The molecule has 39 heavy (non-hydrogen) atoms. The second kappa shape index (κ2) is 13.5. The van der Waals surface area contributed by atoms with Crippen LogP contribution < -0.4 is 9.80 Å². The average molecular weight is 535 g/mol. The van der Waals surface area contributed by atoms with Gasteiger partial charge in [0.2, 0.25) is 0 Å². The fourth-order valence-electron chi connectivity index (χ4n) is 5.80. The van der Waals surface area contributed by atoms with E-state index in [-0.39, 0.29) is 0 Å². The summed E-state index contributed by atoms with van der Waals surface area (Å²) in [6.45, 7) is 7.57. The summed E-state index contributed by atoms with van der Waals surface area (Å²) < 4.78 is 22.1. The zero-order valence-electron chi connectivity index (χ0n) is 23.5. The standard InChI is InChI=1S/C33H46N2O4/c1(2-4-6-12-26-14-8-10-16-32(26)34(18-28-22-36-28)19-29-23-37-29)3-5-7-13-27-15-9-11-17-33(27)35(20-30-24-38-30)21-31-25-39-31/h8-11,14-17,28-31H,1-7,12-13,18-25H2. The molecule has 4 atom stereocenters. The van der Waals surface area contributed by atoms with E-state index in [0.717, 1.165) is 65.4 Å². The van der Waals surface area contributed by atoms with Crippen molar-refractivity contribution < 1.29 is 18.9 Å². The van der Waals surface area contributed by atoms with E-state index < -0.39 is 0 Å². The van der Waals surface area contributed by atoms with Crippen LogP contribution in [0.25, 0.3) is 0 Å². The number of ether oxygens (including phenoxy) is 4. The van der Waals surface area contributed by atoms with Crippen LogP contribution in [0.15, 0.2) is 48.5 Å².